The van der Waals surface area contributed by atoms with Crippen molar-refractivity contribution in [1.29, 1.82) is 0 Å². The lowest BCUT2D eigenvalue weighted by molar-refractivity contribution is 0.0777. The fourth-order valence-corrected chi connectivity index (χ4v) is 3.35. The Balaban J connectivity index is 2.63. The number of nitrogens with zero attached hydrogens (tertiary/aromatic N) is 3. The molecule has 5 nitrogen and oxygen atoms in total. The Morgan fingerprint density at radius 2 is 2.00 bits per heavy atom. The second-order valence-corrected chi connectivity index (χ2v) is 5.55. The van der Waals surface area contributed by atoms with Crippen molar-refractivity contribution in [2.45, 2.75) is 34.2 Å². The van der Waals surface area contributed by atoms with E-state index in [1.165, 1.54) is 11.3 Å². The Morgan fingerprint density at radius 1 is 1.35 bits per heavy atom. The van der Waals surface area contributed by atoms with Crippen LogP contribution in [0.5, 0.6) is 0 Å². The van der Waals surface area contributed by atoms with Gasteiger partial charge in [0.25, 0.3) is 11.5 Å². The van der Waals surface area contributed by atoms with Crippen molar-refractivity contribution in [2.24, 2.45) is 0 Å². The molecule has 2 aromatic heterocycles. The number of aromatic nitrogens is 2. The van der Waals surface area contributed by atoms with E-state index in [1.54, 1.807) is 15.8 Å². The second-order valence-electron chi connectivity index (χ2n) is 4.55. The van der Waals surface area contributed by atoms with Gasteiger partial charge in [0, 0.05) is 19.6 Å². The molecule has 6 heteroatoms. The van der Waals surface area contributed by atoms with Crippen molar-refractivity contribution in [1.82, 2.24) is 14.5 Å². The Kier molecular flexibility index (Phi) is 4.23. The molecule has 0 aliphatic rings. The zero-order valence-corrected chi connectivity index (χ0v) is 13.1. The van der Waals surface area contributed by atoms with E-state index in [9.17, 15) is 9.59 Å². The summed E-state index contributed by atoms with van der Waals surface area (Å²) >= 11 is 1.31. The smallest absolute Gasteiger partial charge is 0.264 e. The third-order valence-electron chi connectivity index (χ3n) is 3.50. The molecule has 0 saturated heterocycles. The van der Waals surface area contributed by atoms with Gasteiger partial charge < -0.3 is 4.90 Å². The minimum absolute atomic E-state index is 0.0158. The van der Waals surface area contributed by atoms with E-state index in [0.29, 0.717) is 34.7 Å². The minimum atomic E-state index is -0.0650. The summed E-state index contributed by atoms with van der Waals surface area (Å²) < 4.78 is 1.56. The first-order valence-corrected chi connectivity index (χ1v) is 7.64. The highest BCUT2D eigenvalue weighted by atomic mass is 32.1. The summed E-state index contributed by atoms with van der Waals surface area (Å²) in [4.78, 5) is 32.1. The van der Waals surface area contributed by atoms with Gasteiger partial charge in [-0.1, -0.05) is 0 Å². The molecular weight excluding hydrogens is 274 g/mol. The molecule has 0 N–H and O–H groups in total. The number of rotatable bonds is 4. The number of thiophene rings is 1. The Labute approximate surface area is 121 Å². The van der Waals surface area contributed by atoms with Crippen molar-refractivity contribution in [3.8, 4) is 0 Å². The Morgan fingerprint density at radius 3 is 2.55 bits per heavy atom. The first-order valence-electron chi connectivity index (χ1n) is 6.82. The molecule has 0 radical (unpaired) electrons. The zero-order valence-electron chi connectivity index (χ0n) is 12.3. The summed E-state index contributed by atoms with van der Waals surface area (Å²) in [7, 11) is 0. The first kappa shape index (κ1) is 14.7. The van der Waals surface area contributed by atoms with Gasteiger partial charge in [0.15, 0.2) is 0 Å². The number of amides is 1. The van der Waals surface area contributed by atoms with Gasteiger partial charge in [0.05, 0.1) is 16.6 Å². The van der Waals surface area contributed by atoms with Gasteiger partial charge in [-0.15, -0.1) is 11.3 Å². The average Bonchev–Trinajstić information content (AvgIpc) is 2.78. The highest BCUT2D eigenvalue weighted by Gasteiger charge is 2.22. The molecule has 0 atom stereocenters. The molecule has 0 unspecified atom stereocenters. The Bertz CT molecular complexity index is 698. The van der Waals surface area contributed by atoms with Crippen LogP contribution in [0.15, 0.2) is 11.1 Å². The maximum absolute atomic E-state index is 12.5. The SMILES string of the molecule is CCN(CC)C(=O)c1sc2ncn(CC)c(=O)c2c1C. The summed E-state index contributed by atoms with van der Waals surface area (Å²) in [5, 5.41) is 0.579. The van der Waals surface area contributed by atoms with Crippen LogP contribution in [0.25, 0.3) is 10.2 Å². The van der Waals surface area contributed by atoms with E-state index in [1.807, 2.05) is 27.7 Å². The van der Waals surface area contributed by atoms with Crippen LogP contribution in [0.4, 0.5) is 0 Å². The molecule has 2 rings (SSSR count). The van der Waals surface area contributed by atoms with E-state index in [4.69, 9.17) is 0 Å². The molecule has 2 aromatic rings. The molecule has 2 heterocycles. The number of carbonyl (C=O) groups is 1. The molecule has 0 spiro atoms. The van der Waals surface area contributed by atoms with E-state index >= 15 is 0 Å². The van der Waals surface area contributed by atoms with Crippen LogP contribution in [0.1, 0.15) is 36.0 Å². The fourth-order valence-electron chi connectivity index (χ4n) is 2.24. The van der Waals surface area contributed by atoms with Crippen LogP contribution in [0, 0.1) is 6.92 Å². The second kappa shape index (κ2) is 5.75. The maximum Gasteiger partial charge on any atom is 0.264 e. The van der Waals surface area contributed by atoms with Crippen LogP contribution >= 0.6 is 11.3 Å². The summed E-state index contributed by atoms with van der Waals surface area (Å²) in [6, 6.07) is 0. The molecule has 0 bridgehead atoms. The predicted octanol–water partition coefficient (Wildman–Crippen LogP) is 2.27. The lowest BCUT2D eigenvalue weighted by Crippen LogP contribution is -2.30. The maximum atomic E-state index is 12.5. The number of hydrogen-bond donors (Lipinski definition) is 0. The summed E-state index contributed by atoms with van der Waals surface area (Å²) in [5.41, 5.74) is 0.687. The number of hydrogen-bond acceptors (Lipinski definition) is 4. The quantitative estimate of drug-likeness (QED) is 0.869. The van der Waals surface area contributed by atoms with Crippen molar-refractivity contribution in [3.05, 3.63) is 27.1 Å². The molecule has 20 heavy (non-hydrogen) atoms. The lowest BCUT2D eigenvalue weighted by atomic mass is 10.2. The molecule has 0 fully saturated rings. The summed E-state index contributed by atoms with van der Waals surface area (Å²) in [5.74, 6) is -0.0158. The first-order chi connectivity index (χ1) is 9.54. The third kappa shape index (κ3) is 2.24. The van der Waals surface area contributed by atoms with Gasteiger partial charge in [-0.3, -0.25) is 14.2 Å². The topological polar surface area (TPSA) is 55.2 Å². The molecule has 0 aliphatic heterocycles. The number of carbonyl (C=O) groups excluding carboxylic acids is 1. The van der Waals surface area contributed by atoms with Gasteiger partial charge in [-0.2, -0.15) is 0 Å². The number of fused-ring (bicyclic) bond motifs is 1. The van der Waals surface area contributed by atoms with E-state index in [-0.39, 0.29) is 11.5 Å². The van der Waals surface area contributed by atoms with E-state index < -0.39 is 0 Å². The zero-order chi connectivity index (χ0) is 14.9. The van der Waals surface area contributed by atoms with Gasteiger partial charge in [0.2, 0.25) is 0 Å². The third-order valence-corrected chi connectivity index (χ3v) is 4.69. The van der Waals surface area contributed by atoms with Gasteiger partial charge in [-0.05, 0) is 33.3 Å². The van der Waals surface area contributed by atoms with E-state index in [0.717, 1.165) is 5.56 Å². The predicted molar refractivity (Wildman–Crippen MR) is 81.5 cm³/mol. The highest BCUT2D eigenvalue weighted by Crippen LogP contribution is 2.27. The van der Waals surface area contributed by atoms with Crippen molar-refractivity contribution >= 4 is 27.5 Å². The molecule has 0 aromatic carbocycles. The molecular formula is C14H19N3O2S. The molecule has 0 saturated carbocycles. The van der Waals surface area contributed by atoms with Crippen LogP contribution < -0.4 is 5.56 Å². The molecule has 0 aliphatic carbocycles. The Hall–Kier alpha value is -1.69. The van der Waals surface area contributed by atoms with Gasteiger partial charge in [-0.25, -0.2) is 4.98 Å². The molecule has 108 valence electrons. The van der Waals surface area contributed by atoms with Crippen LogP contribution in [-0.4, -0.2) is 33.4 Å². The normalized spacial score (nSPS) is 11.0. The largest absolute Gasteiger partial charge is 0.338 e. The lowest BCUT2D eigenvalue weighted by Gasteiger charge is -2.17. The fraction of sp³-hybridized carbons (Fsp3) is 0.500. The minimum Gasteiger partial charge on any atom is -0.338 e. The monoisotopic (exact) mass is 293 g/mol. The van der Waals surface area contributed by atoms with Gasteiger partial charge in [0.1, 0.15) is 4.83 Å². The standard InChI is InChI=1S/C14H19N3O2S/c1-5-16(6-2)14(19)11-9(4)10-12(20-11)15-8-17(7-3)13(10)18/h8H,5-7H2,1-4H3. The average molecular weight is 293 g/mol. The summed E-state index contributed by atoms with van der Waals surface area (Å²) in [6.07, 6.45) is 1.55. The highest BCUT2D eigenvalue weighted by molar-refractivity contribution is 7.20. The van der Waals surface area contributed by atoms with Crippen molar-refractivity contribution in [3.63, 3.8) is 0 Å². The van der Waals surface area contributed by atoms with Crippen LogP contribution in [-0.2, 0) is 6.54 Å². The van der Waals surface area contributed by atoms with Crippen LogP contribution in [0.2, 0.25) is 0 Å². The molecule has 1 amide bonds. The van der Waals surface area contributed by atoms with Crippen molar-refractivity contribution < 1.29 is 4.79 Å². The summed E-state index contributed by atoms with van der Waals surface area (Å²) in [6.45, 7) is 9.54. The van der Waals surface area contributed by atoms with Crippen LogP contribution in [0.3, 0.4) is 0 Å². The van der Waals surface area contributed by atoms with E-state index in [2.05, 4.69) is 4.98 Å². The van der Waals surface area contributed by atoms with Crippen molar-refractivity contribution in [2.75, 3.05) is 13.1 Å². The van der Waals surface area contributed by atoms with Gasteiger partial charge >= 0.3 is 0 Å². The number of aryl methyl sites for hydroxylation is 2.